The van der Waals surface area contributed by atoms with Crippen molar-refractivity contribution in [2.24, 2.45) is 0 Å². The average molecular weight is 250 g/mol. The minimum absolute atomic E-state index is 0.178. The molecule has 0 bridgehead atoms. The summed E-state index contributed by atoms with van der Waals surface area (Å²) in [5, 5.41) is 2.67. The van der Waals surface area contributed by atoms with Crippen molar-refractivity contribution in [3.63, 3.8) is 0 Å². The number of carbonyl (C=O) groups is 2. The van der Waals surface area contributed by atoms with Crippen LogP contribution in [0.15, 0.2) is 12.1 Å². The Hall–Kier alpha value is -1.91. The first-order valence-corrected chi connectivity index (χ1v) is 5.92. The predicted octanol–water partition coefficient (Wildman–Crippen LogP) is 1.38. The number of esters is 1. The topological polar surface area (TPSA) is 68.3 Å². The molecule has 0 atom stereocenters. The Kier molecular flexibility index (Phi) is 5.30. The summed E-state index contributed by atoms with van der Waals surface area (Å²) >= 11 is 0. The van der Waals surface area contributed by atoms with Gasteiger partial charge in [-0.2, -0.15) is 0 Å². The lowest BCUT2D eigenvalue weighted by atomic mass is 10.1. The number of aryl methyl sites for hydroxylation is 2. The molecule has 1 heterocycles. The van der Waals surface area contributed by atoms with Gasteiger partial charge in [0.15, 0.2) is 0 Å². The third-order valence-electron chi connectivity index (χ3n) is 2.39. The van der Waals surface area contributed by atoms with Crippen LogP contribution in [0, 0.1) is 13.8 Å². The first-order valence-electron chi connectivity index (χ1n) is 5.92. The number of nitrogens with one attached hydrogen (secondary N) is 1. The third kappa shape index (κ3) is 4.16. The molecule has 0 aliphatic rings. The lowest BCUT2D eigenvalue weighted by Gasteiger charge is -2.07. The van der Waals surface area contributed by atoms with Gasteiger partial charge >= 0.3 is 5.97 Å². The van der Waals surface area contributed by atoms with Gasteiger partial charge in [-0.05, 0) is 32.9 Å². The minimum atomic E-state index is -0.309. The number of aromatic nitrogens is 1. The molecule has 0 aromatic carbocycles. The molecule has 98 valence electrons. The lowest BCUT2D eigenvalue weighted by molar-refractivity contribution is -0.142. The van der Waals surface area contributed by atoms with Crippen molar-refractivity contribution < 1.29 is 14.3 Å². The van der Waals surface area contributed by atoms with Crippen LogP contribution in [0.25, 0.3) is 0 Å². The van der Waals surface area contributed by atoms with Crippen molar-refractivity contribution in [1.29, 1.82) is 0 Å². The number of amides is 1. The number of carbonyl (C=O) groups excluding carboxylic acids is 2. The Bertz CT molecular complexity index is 444. The SMILES string of the molecule is CCOC(=O)CCNC(=O)c1ccc(C)nc1C. The van der Waals surface area contributed by atoms with E-state index in [1.54, 1.807) is 26.0 Å². The smallest absolute Gasteiger partial charge is 0.307 e. The Morgan fingerprint density at radius 2 is 2.06 bits per heavy atom. The molecule has 1 N–H and O–H groups in total. The van der Waals surface area contributed by atoms with Crippen molar-refractivity contribution in [3.05, 3.63) is 29.1 Å². The van der Waals surface area contributed by atoms with E-state index in [4.69, 9.17) is 4.74 Å². The molecular formula is C13H18N2O3. The maximum Gasteiger partial charge on any atom is 0.307 e. The van der Waals surface area contributed by atoms with Crippen molar-refractivity contribution in [1.82, 2.24) is 10.3 Å². The fraction of sp³-hybridized carbons (Fsp3) is 0.462. The maximum absolute atomic E-state index is 11.8. The lowest BCUT2D eigenvalue weighted by Crippen LogP contribution is -2.27. The number of hydrogen-bond acceptors (Lipinski definition) is 4. The van der Waals surface area contributed by atoms with Crippen LogP contribution in [0.3, 0.4) is 0 Å². The summed E-state index contributed by atoms with van der Waals surface area (Å²) in [5.74, 6) is -0.527. The van der Waals surface area contributed by atoms with Gasteiger partial charge in [0.05, 0.1) is 24.3 Å². The van der Waals surface area contributed by atoms with Crippen molar-refractivity contribution in [2.75, 3.05) is 13.2 Å². The second-order valence-electron chi connectivity index (χ2n) is 3.90. The molecule has 0 aliphatic heterocycles. The van der Waals surface area contributed by atoms with E-state index in [0.717, 1.165) is 5.69 Å². The Balaban J connectivity index is 2.48. The summed E-state index contributed by atoms with van der Waals surface area (Å²) in [6.07, 6.45) is 0.178. The summed E-state index contributed by atoms with van der Waals surface area (Å²) in [7, 11) is 0. The van der Waals surface area contributed by atoms with Gasteiger partial charge in [0.2, 0.25) is 0 Å². The van der Waals surface area contributed by atoms with E-state index >= 15 is 0 Å². The molecule has 1 rings (SSSR count). The van der Waals surface area contributed by atoms with Gasteiger partial charge in [-0.3, -0.25) is 14.6 Å². The van der Waals surface area contributed by atoms with E-state index in [9.17, 15) is 9.59 Å². The fourth-order valence-electron chi connectivity index (χ4n) is 1.53. The Labute approximate surface area is 107 Å². The summed E-state index contributed by atoms with van der Waals surface area (Å²) in [4.78, 5) is 27.1. The number of nitrogens with zero attached hydrogens (tertiary/aromatic N) is 1. The van der Waals surface area contributed by atoms with Crippen LogP contribution < -0.4 is 5.32 Å². The normalized spacial score (nSPS) is 9.94. The van der Waals surface area contributed by atoms with Crippen LogP contribution in [-0.2, 0) is 9.53 Å². The van der Waals surface area contributed by atoms with E-state index in [2.05, 4.69) is 10.3 Å². The summed E-state index contributed by atoms with van der Waals surface area (Å²) in [6.45, 7) is 6.03. The van der Waals surface area contributed by atoms with Gasteiger partial charge in [-0.25, -0.2) is 0 Å². The Morgan fingerprint density at radius 1 is 1.33 bits per heavy atom. The second-order valence-corrected chi connectivity index (χ2v) is 3.90. The molecule has 0 aliphatic carbocycles. The van der Waals surface area contributed by atoms with Crippen LogP contribution >= 0.6 is 0 Å². The number of pyridine rings is 1. The van der Waals surface area contributed by atoms with E-state index in [1.807, 2.05) is 6.92 Å². The molecule has 1 aromatic rings. The molecule has 0 saturated carbocycles. The number of rotatable bonds is 5. The van der Waals surface area contributed by atoms with Crippen LogP contribution in [0.2, 0.25) is 0 Å². The molecule has 18 heavy (non-hydrogen) atoms. The van der Waals surface area contributed by atoms with E-state index < -0.39 is 0 Å². The molecule has 0 saturated heterocycles. The largest absolute Gasteiger partial charge is 0.466 e. The zero-order chi connectivity index (χ0) is 13.5. The molecule has 1 aromatic heterocycles. The first-order chi connectivity index (χ1) is 8.54. The third-order valence-corrected chi connectivity index (χ3v) is 2.39. The summed E-state index contributed by atoms with van der Waals surface area (Å²) in [5.41, 5.74) is 2.09. The quantitative estimate of drug-likeness (QED) is 0.802. The van der Waals surface area contributed by atoms with Crippen LogP contribution in [-0.4, -0.2) is 30.0 Å². The maximum atomic E-state index is 11.8. The zero-order valence-corrected chi connectivity index (χ0v) is 10.9. The van der Waals surface area contributed by atoms with Gasteiger partial charge in [-0.15, -0.1) is 0 Å². The van der Waals surface area contributed by atoms with Crippen LogP contribution in [0.5, 0.6) is 0 Å². The predicted molar refractivity (Wildman–Crippen MR) is 67.3 cm³/mol. The zero-order valence-electron chi connectivity index (χ0n) is 10.9. The Morgan fingerprint density at radius 3 is 2.67 bits per heavy atom. The van der Waals surface area contributed by atoms with E-state index in [0.29, 0.717) is 17.9 Å². The number of ether oxygens (including phenoxy) is 1. The van der Waals surface area contributed by atoms with Gasteiger partial charge in [0.1, 0.15) is 0 Å². The molecule has 0 unspecified atom stereocenters. The molecule has 1 amide bonds. The number of hydrogen-bond donors (Lipinski definition) is 1. The molecule has 0 spiro atoms. The monoisotopic (exact) mass is 250 g/mol. The van der Waals surface area contributed by atoms with Crippen molar-refractivity contribution in [2.45, 2.75) is 27.2 Å². The average Bonchev–Trinajstić information content (AvgIpc) is 2.29. The van der Waals surface area contributed by atoms with Crippen molar-refractivity contribution >= 4 is 11.9 Å². The molecule has 0 fully saturated rings. The van der Waals surface area contributed by atoms with Gasteiger partial charge < -0.3 is 10.1 Å². The van der Waals surface area contributed by atoms with E-state index in [-0.39, 0.29) is 24.8 Å². The van der Waals surface area contributed by atoms with E-state index in [1.165, 1.54) is 0 Å². The fourth-order valence-corrected chi connectivity index (χ4v) is 1.53. The molecular weight excluding hydrogens is 232 g/mol. The second kappa shape index (κ2) is 6.74. The highest BCUT2D eigenvalue weighted by molar-refractivity contribution is 5.95. The highest BCUT2D eigenvalue weighted by Crippen LogP contribution is 2.06. The summed E-state index contributed by atoms with van der Waals surface area (Å²) < 4.78 is 4.77. The van der Waals surface area contributed by atoms with Crippen molar-refractivity contribution in [3.8, 4) is 0 Å². The van der Waals surface area contributed by atoms with Gasteiger partial charge in [-0.1, -0.05) is 0 Å². The highest BCUT2D eigenvalue weighted by Gasteiger charge is 2.10. The molecule has 5 heteroatoms. The first kappa shape index (κ1) is 14.2. The van der Waals surface area contributed by atoms with Crippen LogP contribution in [0.1, 0.15) is 35.1 Å². The molecule has 5 nitrogen and oxygen atoms in total. The summed E-state index contributed by atoms with van der Waals surface area (Å²) in [6, 6.07) is 3.52. The van der Waals surface area contributed by atoms with Crippen LogP contribution in [0.4, 0.5) is 0 Å². The standard InChI is InChI=1S/C13H18N2O3/c1-4-18-12(16)7-8-14-13(17)11-6-5-9(2)15-10(11)3/h5-6H,4,7-8H2,1-3H3,(H,14,17). The van der Waals surface area contributed by atoms with Gasteiger partial charge in [0.25, 0.3) is 5.91 Å². The molecule has 0 radical (unpaired) electrons. The van der Waals surface area contributed by atoms with Gasteiger partial charge in [0, 0.05) is 12.2 Å². The minimum Gasteiger partial charge on any atom is -0.466 e. The highest BCUT2D eigenvalue weighted by atomic mass is 16.5.